The number of halogens is 3. The fourth-order valence-electron chi connectivity index (χ4n) is 3.32. The van der Waals surface area contributed by atoms with Gasteiger partial charge in [-0.2, -0.15) is 5.26 Å². The molecule has 0 unspecified atom stereocenters. The minimum atomic E-state index is -1.20. The number of hydrogen-bond donors (Lipinski definition) is 1. The number of nitrogens with zero attached hydrogens (tertiary/aromatic N) is 3. The SMILES string of the molecule is N#CC=C1CCN(c2ccc(N3C[C@H](CNC(=O)C(Cl)Cl)OC3=O)cc2F)CC1. The molecule has 2 aliphatic heterocycles. The third-order valence-electron chi connectivity index (χ3n) is 4.83. The monoisotopic (exact) mass is 440 g/mol. The number of cyclic esters (lactones) is 1. The molecule has 2 aliphatic rings. The van der Waals surface area contributed by atoms with Crippen molar-refractivity contribution < 1.29 is 18.7 Å². The molecule has 2 amide bonds. The predicted molar refractivity (Wildman–Crippen MR) is 108 cm³/mol. The van der Waals surface area contributed by atoms with Crippen molar-refractivity contribution in [2.24, 2.45) is 0 Å². The summed E-state index contributed by atoms with van der Waals surface area (Å²) in [6.07, 6.45) is 1.77. The van der Waals surface area contributed by atoms with Crippen molar-refractivity contribution in [2.45, 2.75) is 23.8 Å². The van der Waals surface area contributed by atoms with E-state index in [1.54, 1.807) is 18.2 Å². The third kappa shape index (κ3) is 5.11. The highest BCUT2D eigenvalue weighted by Crippen LogP contribution is 2.30. The fraction of sp³-hybridized carbons (Fsp3) is 0.421. The van der Waals surface area contributed by atoms with Gasteiger partial charge in [0.2, 0.25) is 0 Å². The largest absolute Gasteiger partial charge is 0.442 e. The summed E-state index contributed by atoms with van der Waals surface area (Å²) in [6.45, 7) is 1.47. The Kier molecular flexibility index (Phi) is 6.83. The number of benzene rings is 1. The first-order chi connectivity index (χ1) is 13.9. The average Bonchev–Trinajstić information content (AvgIpc) is 3.07. The maximum absolute atomic E-state index is 14.7. The molecule has 2 heterocycles. The van der Waals surface area contributed by atoms with Crippen LogP contribution in [0.1, 0.15) is 12.8 Å². The molecule has 10 heteroatoms. The Labute approximate surface area is 177 Å². The van der Waals surface area contributed by atoms with Crippen molar-refractivity contribution in [2.75, 3.05) is 36.0 Å². The highest BCUT2D eigenvalue weighted by Gasteiger charge is 2.33. The molecule has 0 aliphatic carbocycles. The zero-order chi connectivity index (χ0) is 21.0. The van der Waals surface area contributed by atoms with Gasteiger partial charge in [-0.3, -0.25) is 9.69 Å². The molecule has 1 aromatic rings. The lowest BCUT2D eigenvalue weighted by Crippen LogP contribution is -2.37. The summed E-state index contributed by atoms with van der Waals surface area (Å²) in [7, 11) is 0. The van der Waals surface area contributed by atoms with Crippen molar-refractivity contribution in [3.63, 3.8) is 0 Å². The van der Waals surface area contributed by atoms with Gasteiger partial charge in [-0.25, -0.2) is 9.18 Å². The molecule has 1 atom stereocenters. The van der Waals surface area contributed by atoms with E-state index in [4.69, 9.17) is 33.2 Å². The van der Waals surface area contributed by atoms with Gasteiger partial charge in [-0.1, -0.05) is 28.8 Å². The first-order valence-corrected chi connectivity index (χ1v) is 9.92. The molecule has 3 rings (SSSR count). The maximum Gasteiger partial charge on any atom is 0.414 e. The summed E-state index contributed by atoms with van der Waals surface area (Å²) in [6, 6.07) is 6.63. The number of carbonyl (C=O) groups is 2. The lowest BCUT2D eigenvalue weighted by atomic mass is 10.0. The number of allylic oxidation sites excluding steroid dienone is 1. The molecule has 1 N–H and O–H groups in total. The number of alkyl halides is 2. The van der Waals surface area contributed by atoms with Gasteiger partial charge in [-0.15, -0.1) is 0 Å². The summed E-state index contributed by atoms with van der Waals surface area (Å²) in [5.74, 6) is -1.01. The number of ether oxygens (including phenoxy) is 1. The van der Waals surface area contributed by atoms with E-state index in [2.05, 4.69) is 5.32 Å². The zero-order valence-corrected chi connectivity index (χ0v) is 16.9. The van der Waals surface area contributed by atoms with E-state index in [-0.39, 0.29) is 13.1 Å². The van der Waals surface area contributed by atoms with Gasteiger partial charge >= 0.3 is 6.09 Å². The van der Waals surface area contributed by atoms with Crippen LogP contribution in [-0.4, -0.2) is 49.1 Å². The number of rotatable bonds is 5. The predicted octanol–water partition coefficient (Wildman–Crippen LogP) is 3.12. The molecule has 7 nitrogen and oxygen atoms in total. The molecule has 1 aromatic carbocycles. The van der Waals surface area contributed by atoms with Gasteiger partial charge in [0.15, 0.2) is 4.84 Å². The average molecular weight is 441 g/mol. The zero-order valence-electron chi connectivity index (χ0n) is 15.4. The van der Waals surface area contributed by atoms with Gasteiger partial charge in [0.1, 0.15) is 11.9 Å². The van der Waals surface area contributed by atoms with Crippen LogP contribution in [0.15, 0.2) is 29.8 Å². The highest BCUT2D eigenvalue weighted by molar-refractivity contribution is 6.53. The quantitative estimate of drug-likeness (QED) is 0.561. The molecule has 0 spiro atoms. The van der Waals surface area contributed by atoms with Crippen LogP contribution in [0.4, 0.5) is 20.6 Å². The molecule has 29 heavy (non-hydrogen) atoms. The second kappa shape index (κ2) is 9.33. The molecule has 0 bridgehead atoms. The Morgan fingerprint density at radius 1 is 1.41 bits per heavy atom. The summed E-state index contributed by atoms with van der Waals surface area (Å²) < 4.78 is 19.9. The maximum atomic E-state index is 14.7. The Balaban J connectivity index is 1.63. The van der Waals surface area contributed by atoms with Crippen LogP contribution in [0.3, 0.4) is 0 Å². The highest BCUT2D eigenvalue weighted by atomic mass is 35.5. The summed E-state index contributed by atoms with van der Waals surface area (Å²) in [5, 5.41) is 11.2. The third-order valence-corrected chi connectivity index (χ3v) is 5.23. The Morgan fingerprint density at radius 2 is 2.14 bits per heavy atom. The number of hydrogen-bond acceptors (Lipinski definition) is 5. The molecule has 154 valence electrons. The van der Waals surface area contributed by atoms with Crippen LogP contribution in [0, 0.1) is 17.1 Å². The van der Waals surface area contributed by atoms with Crippen molar-refractivity contribution in [1.29, 1.82) is 5.26 Å². The first-order valence-electron chi connectivity index (χ1n) is 9.05. The molecular formula is C19H19Cl2FN4O3. The minimum absolute atomic E-state index is 0.0594. The second-order valence-corrected chi connectivity index (χ2v) is 7.81. The van der Waals surface area contributed by atoms with Crippen LogP contribution in [0.2, 0.25) is 0 Å². The van der Waals surface area contributed by atoms with E-state index in [1.807, 2.05) is 11.0 Å². The fourth-order valence-corrected chi connectivity index (χ4v) is 3.48. The van der Waals surface area contributed by atoms with Crippen LogP contribution < -0.4 is 15.1 Å². The number of piperidine rings is 1. The summed E-state index contributed by atoms with van der Waals surface area (Å²) >= 11 is 10.9. The van der Waals surface area contributed by atoms with Gasteiger partial charge < -0.3 is 15.0 Å². The Bertz CT molecular complexity index is 862. The van der Waals surface area contributed by atoms with E-state index in [0.29, 0.717) is 37.3 Å². The van der Waals surface area contributed by atoms with Gasteiger partial charge in [-0.05, 0) is 31.0 Å². The van der Waals surface area contributed by atoms with E-state index < -0.39 is 28.8 Å². The number of amides is 2. The van der Waals surface area contributed by atoms with E-state index >= 15 is 0 Å². The minimum Gasteiger partial charge on any atom is -0.442 e. The van der Waals surface area contributed by atoms with Crippen molar-refractivity contribution >= 4 is 46.6 Å². The van der Waals surface area contributed by atoms with E-state index in [1.165, 1.54) is 11.0 Å². The topological polar surface area (TPSA) is 85.7 Å². The van der Waals surface area contributed by atoms with Crippen LogP contribution in [0.25, 0.3) is 0 Å². The van der Waals surface area contributed by atoms with Gasteiger partial charge in [0, 0.05) is 19.2 Å². The number of nitriles is 1. The summed E-state index contributed by atoms with van der Waals surface area (Å²) in [5.41, 5.74) is 1.89. The van der Waals surface area contributed by atoms with Gasteiger partial charge in [0.25, 0.3) is 5.91 Å². The van der Waals surface area contributed by atoms with Crippen LogP contribution in [-0.2, 0) is 9.53 Å². The Morgan fingerprint density at radius 3 is 2.76 bits per heavy atom. The lowest BCUT2D eigenvalue weighted by molar-refractivity contribution is -0.119. The van der Waals surface area contributed by atoms with Crippen molar-refractivity contribution in [3.8, 4) is 6.07 Å². The second-order valence-electron chi connectivity index (χ2n) is 6.72. The lowest BCUT2D eigenvalue weighted by Gasteiger charge is -2.30. The smallest absolute Gasteiger partial charge is 0.414 e. The van der Waals surface area contributed by atoms with Crippen LogP contribution in [0.5, 0.6) is 0 Å². The normalized spacial score (nSPS) is 19.2. The van der Waals surface area contributed by atoms with Crippen molar-refractivity contribution in [3.05, 3.63) is 35.7 Å². The van der Waals surface area contributed by atoms with Crippen LogP contribution >= 0.6 is 23.2 Å². The molecular weight excluding hydrogens is 422 g/mol. The number of nitrogens with one attached hydrogen (secondary N) is 1. The Hall–Kier alpha value is -2.50. The molecule has 0 aromatic heterocycles. The molecule has 0 radical (unpaired) electrons. The molecule has 0 saturated carbocycles. The summed E-state index contributed by atoms with van der Waals surface area (Å²) in [4.78, 5) is 25.6. The standard InChI is InChI=1S/C19H19Cl2FN4O3/c20-17(21)18(27)24-10-14-11-26(19(28)29-14)13-1-2-16(15(22)9-13)25-7-4-12(3-6-23)5-8-25/h1-3,9,14,17H,4-5,7-8,10-11H2,(H,24,27)/t14-/m0/s1. The van der Waals surface area contributed by atoms with E-state index in [9.17, 15) is 14.0 Å². The number of anilines is 2. The van der Waals surface area contributed by atoms with Crippen molar-refractivity contribution in [1.82, 2.24) is 5.32 Å². The van der Waals surface area contributed by atoms with E-state index in [0.717, 1.165) is 5.57 Å². The molecule has 2 fully saturated rings. The number of carbonyl (C=O) groups excluding carboxylic acids is 2. The first kappa shape index (κ1) is 21.2. The molecule has 2 saturated heterocycles. The van der Waals surface area contributed by atoms with Gasteiger partial charge in [0.05, 0.1) is 30.5 Å².